The number of aryl methyl sites for hydroxylation is 1. The Hall–Kier alpha value is -3.30. The lowest BCUT2D eigenvalue weighted by Crippen LogP contribution is -2.56. The van der Waals surface area contributed by atoms with Crippen molar-refractivity contribution in [1.29, 1.82) is 0 Å². The van der Waals surface area contributed by atoms with Crippen LogP contribution in [0.4, 0.5) is 17.6 Å². The van der Waals surface area contributed by atoms with Crippen LogP contribution < -0.4 is 14.9 Å². The van der Waals surface area contributed by atoms with E-state index in [4.69, 9.17) is 9.47 Å². The van der Waals surface area contributed by atoms with E-state index in [0.717, 1.165) is 11.1 Å². The van der Waals surface area contributed by atoms with E-state index in [1.165, 1.54) is 31.4 Å². The number of hydrogen-bond acceptors (Lipinski definition) is 4. The maximum absolute atomic E-state index is 14.6. The van der Waals surface area contributed by atoms with E-state index < -0.39 is 36.0 Å². The zero-order chi connectivity index (χ0) is 25.0. The largest absolute Gasteiger partial charge is 0.497 e. The highest BCUT2D eigenvalue weighted by Crippen LogP contribution is 2.27. The molecule has 180 valence electrons. The summed E-state index contributed by atoms with van der Waals surface area (Å²) < 4.78 is 62.3. The van der Waals surface area contributed by atoms with E-state index in [0.29, 0.717) is 12.0 Å². The van der Waals surface area contributed by atoms with Crippen molar-refractivity contribution >= 4 is 11.8 Å². The molecule has 0 fully saturated rings. The van der Waals surface area contributed by atoms with Crippen molar-refractivity contribution in [2.45, 2.75) is 45.8 Å². The van der Waals surface area contributed by atoms with Crippen LogP contribution in [0.2, 0.25) is 0 Å². The predicted molar refractivity (Wildman–Crippen MR) is 114 cm³/mol. The molecule has 0 saturated heterocycles. The zero-order valence-corrected chi connectivity index (χ0v) is 19.0. The number of ether oxygens (including phenoxy) is 2. The summed E-state index contributed by atoms with van der Waals surface area (Å²) in [4.78, 5) is 26.1. The fraction of sp³-hybridized carbons (Fsp3) is 0.391. The summed E-state index contributed by atoms with van der Waals surface area (Å²) in [6, 6.07) is 7.84. The zero-order valence-electron chi connectivity index (χ0n) is 19.0. The SMILES string of the molecule is CCc1ccc(C(=O)N(NC(=O)c2cc(OC)ccc2OCC(F)(F)F)C(C)(C)C)c(F)c1. The molecule has 33 heavy (non-hydrogen) atoms. The summed E-state index contributed by atoms with van der Waals surface area (Å²) in [5.74, 6) is -2.67. The van der Waals surface area contributed by atoms with Crippen LogP contribution in [0.15, 0.2) is 36.4 Å². The summed E-state index contributed by atoms with van der Waals surface area (Å²) >= 11 is 0. The smallest absolute Gasteiger partial charge is 0.422 e. The number of methoxy groups -OCH3 is 1. The van der Waals surface area contributed by atoms with Gasteiger partial charge >= 0.3 is 6.18 Å². The number of nitrogens with one attached hydrogen (secondary N) is 1. The third-order valence-electron chi connectivity index (χ3n) is 4.58. The number of halogens is 4. The van der Waals surface area contributed by atoms with Gasteiger partial charge in [0.2, 0.25) is 0 Å². The van der Waals surface area contributed by atoms with Gasteiger partial charge in [0.25, 0.3) is 11.8 Å². The fourth-order valence-corrected chi connectivity index (χ4v) is 2.86. The average Bonchev–Trinajstić information content (AvgIpc) is 2.73. The summed E-state index contributed by atoms with van der Waals surface area (Å²) in [5.41, 5.74) is 1.51. The normalized spacial score (nSPS) is 11.7. The van der Waals surface area contributed by atoms with E-state index >= 15 is 0 Å². The molecule has 0 radical (unpaired) electrons. The van der Waals surface area contributed by atoms with Crippen molar-refractivity contribution in [3.05, 3.63) is 58.9 Å². The van der Waals surface area contributed by atoms with Crippen molar-refractivity contribution in [1.82, 2.24) is 10.4 Å². The average molecular weight is 470 g/mol. The minimum Gasteiger partial charge on any atom is -0.497 e. The Balaban J connectivity index is 2.40. The van der Waals surface area contributed by atoms with E-state index in [2.05, 4.69) is 5.43 Å². The number of nitrogens with zero attached hydrogens (tertiary/aromatic N) is 1. The number of amides is 2. The molecule has 0 atom stereocenters. The molecule has 2 aromatic carbocycles. The van der Waals surface area contributed by atoms with Gasteiger partial charge in [0.15, 0.2) is 6.61 Å². The van der Waals surface area contributed by atoms with Crippen molar-refractivity contribution in [2.24, 2.45) is 0 Å². The van der Waals surface area contributed by atoms with Gasteiger partial charge in [0, 0.05) is 0 Å². The Morgan fingerprint density at radius 1 is 1.03 bits per heavy atom. The minimum atomic E-state index is -4.62. The standard InChI is InChI=1S/C23H26F4N2O4/c1-6-14-7-9-16(18(24)11-14)21(31)29(22(2,3)4)28-20(30)17-12-15(32-5)8-10-19(17)33-13-23(25,26)27/h7-12H,6,13H2,1-5H3,(H,28,30). The fourth-order valence-electron chi connectivity index (χ4n) is 2.86. The van der Waals surface area contributed by atoms with Gasteiger partial charge in [-0.2, -0.15) is 13.2 Å². The monoisotopic (exact) mass is 470 g/mol. The van der Waals surface area contributed by atoms with Gasteiger partial charge in [-0.05, 0) is 63.1 Å². The third kappa shape index (κ3) is 6.84. The molecule has 2 rings (SSSR count). The van der Waals surface area contributed by atoms with Crippen LogP contribution in [0.3, 0.4) is 0 Å². The van der Waals surface area contributed by atoms with Crippen LogP contribution in [0, 0.1) is 5.82 Å². The molecule has 0 unspecified atom stereocenters. The number of benzene rings is 2. The topological polar surface area (TPSA) is 67.9 Å². The number of carbonyl (C=O) groups excluding carboxylic acids is 2. The summed E-state index contributed by atoms with van der Waals surface area (Å²) in [6.07, 6.45) is -4.05. The molecule has 0 aliphatic heterocycles. The van der Waals surface area contributed by atoms with Gasteiger partial charge in [0.05, 0.1) is 23.8 Å². The quantitative estimate of drug-likeness (QED) is 0.481. The first-order valence-electron chi connectivity index (χ1n) is 10.1. The van der Waals surface area contributed by atoms with Gasteiger partial charge in [-0.1, -0.05) is 13.0 Å². The van der Waals surface area contributed by atoms with Crippen LogP contribution in [0.1, 0.15) is 54.0 Å². The van der Waals surface area contributed by atoms with Gasteiger partial charge < -0.3 is 9.47 Å². The molecule has 1 N–H and O–H groups in total. The molecule has 2 aromatic rings. The third-order valence-corrected chi connectivity index (χ3v) is 4.58. The Labute approximate surface area is 189 Å². The number of alkyl halides is 3. The van der Waals surface area contributed by atoms with E-state index in [1.54, 1.807) is 26.8 Å². The number of hydrogen-bond donors (Lipinski definition) is 1. The Morgan fingerprint density at radius 3 is 2.21 bits per heavy atom. The highest BCUT2D eigenvalue weighted by atomic mass is 19.4. The molecular weight excluding hydrogens is 444 g/mol. The molecule has 0 bridgehead atoms. The number of carbonyl (C=O) groups is 2. The van der Waals surface area contributed by atoms with E-state index in [-0.39, 0.29) is 22.6 Å². The molecule has 0 aliphatic rings. The van der Waals surface area contributed by atoms with Crippen LogP contribution >= 0.6 is 0 Å². The molecule has 0 heterocycles. The van der Waals surface area contributed by atoms with E-state index in [9.17, 15) is 27.2 Å². The summed E-state index contributed by atoms with van der Waals surface area (Å²) in [7, 11) is 1.32. The highest BCUT2D eigenvalue weighted by molar-refractivity contribution is 6.01. The maximum atomic E-state index is 14.6. The molecule has 6 nitrogen and oxygen atoms in total. The first-order chi connectivity index (χ1) is 15.3. The summed E-state index contributed by atoms with van der Waals surface area (Å²) in [5, 5.41) is 0.923. The second-order valence-corrected chi connectivity index (χ2v) is 8.19. The Morgan fingerprint density at radius 2 is 1.70 bits per heavy atom. The first kappa shape index (κ1) is 26.0. The molecule has 10 heteroatoms. The number of hydrazine groups is 1. The van der Waals surface area contributed by atoms with Gasteiger partial charge in [-0.3, -0.25) is 15.0 Å². The molecule has 0 aromatic heterocycles. The molecular formula is C23H26F4N2O4. The molecule has 2 amide bonds. The Kier molecular flexibility index (Phi) is 7.94. The number of rotatable bonds is 6. The Bertz CT molecular complexity index is 1020. The predicted octanol–water partition coefficient (Wildman–Crippen LogP) is 4.92. The lowest BCUT2D eigenvalue weighted by atomic mass is 10.0. The van der Waals surface area contributed by atoms with Gasteiger partial charge in [0.1, 0.15) is 17.3 Å². The van der Waals surface area contributed by atoms with Crippen LogP contribution in [-0.2, 0) is 6.42 Å². The lowest BCUT2D eigenvalue weighted by Gasteiger charge is -2.35. The van der Waals surface area contributed by atoms with Crippen LogP contribution in [0.5, 0.6) is 11.5 Å². The molecule has 0 aliphatic carbocycles. The van der Waals surface area contributed by atoms with Crippen molar-refractivity contribution in [3.8, 4) is 11.5 Å². The first-order valence-corrected chi connectivity index (χ1v) is 10.1. The van der Waals surface area contributed by atoms with Gasteiger partial charge in [-0.15, -0.1) is 0 Å². The minimum absolute atomic E-state index is 0.189. The van der Waals surface area contributed by atoms with Crippen molar-refractivity contribution in [2.75, 3.05) is 13.7 Å². The van der Waals surface area contributed by atoms with Crippen molar-refractivity contribution < 1.29 is 36.6 Å². The van der Waals surface area contributed by atoms with Crippen molar-refractivity contribution in [3.63, 3.8) is 0 Å². The summed E-state index contributed by atoms with van der Waals surface area (Å²) in [6.45, 7) is 5.05. The van der Waals surface area contributed by atoms with Crippen LogP contribution in [0.25, 0.3) is 0 Å². The molecule has 0 spiro atoms. The van der Waals surface area contributed by atoms with Crippen LogP contribution in [-0.4, -0.2) is 42.3 Å². The maximum Gasteiger partial charge on any atom is 0.422 e. The lowest BCUT2D eigenvalue weighted by molar-refractivity contribution is -0.153. The second kappa shape index (κ2) is 10.1. The van der Waals surface area contributed by atoms with E-state index in [1.807, 2.05) is 6.92 Å². The van der Waals surface area contributed by atoms with Gasteiger partial charge in [-0.25, -0.2) is 9.40 Å². The second-order valence-electron chi connectivity index (χ2n) is 8.19. The highest BCUT2D eigenvalue weighted by Gasteiger charge is 2.33. The molecule has 0 saturated carbocycles.